The summed E-state index contributed by atoms with van der Waals surface area (Å²) in [5.41, 5.74) is 1.07. The quantitative estimate of drug-likeness (QED) is 0.817. The maximum atomic E-state index is 13.3. The molecule has 0 aromatic heterocycles. The van der Waals surface area contributed by atoms with Crippen LogP contribution in [-0.2, 0) is 4.79 Å². The first-order chi connectivity index (χ1) is 13.4. The standard InChI is InChI=1S/C20H22ClFN4O2/c1-14(19(27)23-18-7-3-5-16(22)13-18)25-8-10-26(11-9-25)20(28)24-17-6-2-4-15(21)12-17/h2-7,12-14H,8-11H2,1H3,(H,23,27)(H,24,28). The molecule has 28 heavy (non-hydrogen) atoms. The van der Waals surface area contributed by atoms with E-state index >= 15 is 0 Å². The van der Waals surface area contributed by atoms with Crippen LogP contribution in [0.15, 0.2) is 48.5 Å². The normalized spacial score (nSPS) is 15.8. The van der Waals surface area contributed by atoms with Gasteiger partial charge in [-0.25, -0.2) is 9.18 Å². The molecule has 6 nitrogen and oxygen atoms in total. The first-order valence-electron chi connectivity index (χ1n) is 9.04. The van der Waals surface area contributed by atoms with E-state index in [-0.39, 0.29) is 18.0 Å². The number of benzene rings is 2. The summed E-state index contributed by atoms with van der Waals surface area (Å²) in [5, 5.41) is 6.11. The van der Waals surface area contributed by atoms with Crippen LogP contribution in [0.3, 0.4) is 0 Å². The Kier molecular flexibility index (Phi) is 6.49. The molecule has 1 aliphatic heterocycles. The fraction of sp³-hybridized carbons (Fsp3) is 0.300. The maximum Gasteiger partial charge on any atom is 0.321 e. The van der Waals surface area contributed by atoms with Crippen LogP contribution >= 0.6 is 11.6 Å². The van der Waals surface area contributed by atoms with Crippen LogP contribution in [0.25, 0.3) is 0 Å². The average molecular weight is 405 g/mol. The molecule has 2 N–H and O–H groups in total. The zero-order valence-corrected chi connectivity index (χ0v) is 16.2. The predicted octanol–water partition coefficient (Wildman–Crippen LogP) is 3.66. The number of amides is 3. The molecule has 0 spiro atoms. The lowest BCUT2D eigenvalue weighted by Crippen LogP contribution is -2.54. The van der Waals surface area contributed by atoms with Gasteiger partial charge in [-0.3, -0.25) is 9.69 Å². The molecule has 1 fully saturated rings. The third kappa shape index (κ3) is 5.21. The lowest BCUT2D eigenvalue weighted by atomic mass is 10.2. The number of halogens is 2. The van der Waals surface area contributed by atoms with E-state index in [0.717, 1.165) is 0 Å². The zero-order chi connectivity index (χ0) is 20.1. The Morgan fingerprint density at radius 3 is 2.29 bits per heavy atom. The minimum atomic E-state index is -0.398. The van der Waals surface area contributed by atoms with Gasteiger partial charge in [0.2, 0.25) is 5.91 Å². The van der Waals surface area contributed by atoms with Crippen molar-refractivity contribution in [2.45, 2.75) is 13.0 Å². The SMILES string of the molecule is CC(C(=O)Nc1cccc(F)c1)N1CCN(C(=O)Nc2cccc(Cl)c2)CC1. The summed E-state index contributed by atoms with van der Waals surface area (Å²) in [4.78, 5) is 28.5. The molecule has 0 bridgehead atoms. The van der Waals surface area contributed by atoms with Gasteiger partial charge in [0.15, 0.2) is 0 Å². The lowest BCUT2D eigenvalue weighted by molar-refractivity contribution is -0.121. The Hall–Kier alpha value is -2.64. The van der Waals surface area contributed by atoms with E-state index in [2.05, 4.69) is 10.6 Å². The molecule has 0 saturated carbocycles. The highest BCUT2D eigenvalue weighted by Gasteiger charge is 2.27. The largest absolute Gasteiger partial charge is 0.325 e. The predicted molar refractivity (Wildman–Crippen MR) is 108 cm³/mol. The summed E-state index contributed by atoms with van der Waals surface area (Å²) >= 11 is 5.93. The van der Waals surface area contributed by atoms with Gasteiger partial charge in [0.05, 0.1) is 6.04 Å². The van der Waals surface area contributed by atoms with Crippen LogP contribution in [-0.4, -0.2) is 54.0 Å². The van der Waals surface area contributed by atoms with Crippen molar-refractivity contribution in [2.75, 3.05) is 36.8 Å². The first-order valence-corrected chi connectivity index (χ1v) is 9.42. The summed E-state index contributed by atoms with van der Waals surface area (Å²) in [6, 6.07) is 12.2. The average Bonchev–Trinajstić information content (AvgIpc) is 2.67. The summed E-state index contributed by atoms with van der Waals surface area (Å²) < 4.78 is 13.3. The molecule has 3 amide bonds. The highest BCUT2D eigenvalue weighted by Crippen LogP contribution is 2.16. The van der Waals surface area contributed by atoms with Gasteiger partial charge in [0.1, 0.15) is 5.82 Å². The molecule has 0 aliphatic carbocycles. The number of piperazine rings is 1. The van der Waals surface area contributed by atoms with E-state index in [1.165, 1.54) is 12.1 Å². The van der Waals surface area contributed by atoms with Crippen LogP contribution in [0.5, 0.6) is 0 Å². The minimum absolute atomic E-state index is 0.196. The number of rotatable bonds is 4. The first kappa shape index (κ1) is 20.1. The van der Waals surface area contributed by atoms with E-state index < -0.39 is 5.82 Å². The molecule has 8 heteroatoms. The third-order valence-electron chi connectivity index (χ3n) is 4.70. The van der Waals surface area contributed by atoms with Gasteiger partial charge in [0, 0.05) is 42.6 Å². The molecular weight excluding hydrogens is 383 g/mol. The maximum absolute atomic E-state index is 13.3. The van der Waals surface area contributed by atoms with Crippen molar-refractivity contribution in [3.8, 4) is 0 Å². The third-order valence-corrected chi connectivity index (χ3v) is 4.93. The second-order valence-corrected chi connectivity index (χ2v) is 7.08. The van der Waals surface area contributed by atoms with Crippen LogP contribution in [0.4, 0.5) is 20.6 Å². The molecule has 2 aromatic carbocycles. The van der Waals surface area contributed by atoms with Crippen molar-refractivity contribution in [3.05, 3.63) is 59.4 Å². The van der Waals surface area contributed by atoms with Crippen LogP contribution < -0.4 is 10.6 Å². The summed E-state index contributed by atoms with van der Waals surface area (Å²) in [6.07, 6.45) is 0. The van der Waals surface area contributed by atoms with Gasteiger partial charge >= 0.3 is 6.03 Å². The van der Waals surface area contributed by atoms with E-state index in [1.807, 2.05) is 4.90 Å². The van der Waals surface area contributed by atoms with Crippen molar-refractivity contribution in [2.24, 2.45) is 0 Å². The molecule has 1 aliphatic rings. The number of nitrogens with zero attached hydrogens (tertiary/aromatic N) is 2. The van der Waals surface area contributed by atoms with Crippen LogP contribution in [0.1, 0.15) is 6.92 Å². The van der Waals surface area contributed by atoms with Gasteiger partial charge in [-0.15, -0.1) is 0 Å². The Labute approximate surface area is 168 Å². The lowest BCUT2D eigenvalue weighted by Gasteiger charge is -2.37. The number of carbonyl (C=O) groups excluding carboxylic acids is 2. The second-order valence-electron chi connectivity index (χ2n) is 6.64. The van der Waals surface area contributed by atoms with Gasteiger partial charge in [-0.05, 0) is 43.3 Å². The van der Waals surface area contributed by atoms with Gasteiger partial charge in [0.25, 0.3) is 0 Å². The molecule has 1 atom stereocenters. The number of carbonyl (C=O) groups is 2. The molecular formula is C20H22ClFN4O2. The molecule has 1 unspecified atom stereocenters. The number of hydrogen-bond acceptors (Lipinski definition) is 3. The fourth-order valence-electron chi connectivity index (χ4n) is 3.06. The fourth-order valence-corrected chi connectivity index (χ4v) is 3.25. The highest BCUT2D eigenvalue weighted by atomic mass is 35.5. The molecule has 0 radical (unpaired) electrons. The minimum Gasteiger partial charge on any atom is -0.325 e. The van der Waals surface area contributed by atoms with Crippen molar-refractivity contribution >= 4 is 34.9 Å². The van der Waals surface area contributed by atoms with Crippen molar-refractivity contribution in [1.29, 1.82) is 0 Å². The summed E-state index contributed by atoms with van der Waals surface area (Å²) in [5.74, 6) is -0.604. The second kappa shape index (κ2) is 9.03. The molecule has 1 saturated heterocycles. The number of nitrogens with one attached hydrogen (secondary N) is 2. The number of hydrogen-bond donors (Lipinski definition) is 2. The van der Waals surface area contributed by atoms with E-state index in [9.17, 15) is 14.0 Å². The Morgan fingerprint density at radius 2 is 1.64 bits per heavy atom. The Morgan fingerprint density at radius 1 is 1.00 bits per heavy atom. The number of urea groups is 1. The smallest absolute Gasteiger partial charge is 0.321 e. The van der Waals surface area contributed by atoms with Gasteiger partial charge in [-0.1, -0.05) is 23.7 Å². The van der Waals surface area contributed by atoms with Crippen LogP contribution in [0, 0.1) is 5.82 Å². The molecule has 148 valence electrons. The Balaban J connectivity index is 1.50. The summed E-state index contributed by atoms with van der Waals surface area (Å²) in [7, 11) is 0. The monoisotopic (exact) mass is 404 g/mol. The topological polar surface area (TPSA) is 64.7 Å². The molecule has 1 heterocycles. The van der Waals surface area contributed by atoms with Crippen molar-refractivity contribution in [3.63, 3.8) is 0 Å². The van der Waals surface area contributed by atoms with Gasteiger partial charge < -0.3 is 15.5 Å². The molecule has 2 aromatic rings. The number of anilines is 2. The highest BCUT2D eigenvalue weighted by molar-refractivity contribution is 6.30. The van der Waals surface area contributed by atoms with Crippen molar-refractivity contribution < 1.29 is 14.0 Å². The molecule has 3 rings (SSSR count). The van der Waals surface area contributed by atoms with E-state index in [0.29, 0.717) is 42.6 Å². The Bertz CT molecular complexity index is 856. The van der Waals surface area contributed by atoms with Crippen molar-refractivity contribution in [1.82, 2.24) is 9.80 Å². The zero-order valence-electron chi connectivity index (χ0n) is 15.5. The van der Waals surface area contributed by atoms with Crippen LogP contribution in [0.2, 0.25) is 5.02 Å². The summed E-state index contributed by atoms with van der Waals surface area (Å²) in [6.45, 7) is 3.95. The van der Waals surface area contributed by atoms with E-state index in [1.54, 1.807) is 48.2 Å². The van der Waals surface area contributed by atoms with Gasteiger partial charge in [-0.2, -0.15) is 0 Å². The van der Waals surface area contributed by atoms with E-state index in [4.69, 9.17) is 11.6 Å².